The van der Waals surface area contributed by atoms with Crippen LogP contribution in [0.4, 0.5) is 0 Å². The number of imidazole rings is 1. The summed E-state index contributed by atoms with van der Waals surface area (Å²) in [5, 5.41) is 0.435. The van der Waals surface area contributed by atoms with Crippen LogP contribution in [0.5, 0.6) is 0 Å². The van der Waals surface area contributed by atoms with Crippen LogP contribution < -0.4 is 0 Å². The minimum absolute atomic E-state index is 0.435. The number of halogens is 1. The van der Waals surface area contributed by atoms with Crippen LogP contribution in [0, 0.1) is 0 Å². The van der Waals surface area contributed by atoms with Crippen molar-refractivity contribution in [3.05, 3.63) is 71.5 Å². The SMILES string of the molecule is O=Cc1ccc(-n2ccnc2-c2ccccc2)cc1Cl. The highest BCUT2D eigenvalue weighted by molar-refractivity contribution is 6.33. The molecule has 20 heavy (non-hydrogen) atoms. The van der Waals surface area contributed by atoms with E-state index >= 15 is 0 Å². The van der Waals surface area contributed by atoms with Crippen molar-refractivity contribution in [1.82, 2.24) is 9.55 Å². The summed E-state index contributed by atoms with van der Waals surface area (Å²) in [6.07, 6.45) is 4.36. The second kappa shape index (κ2) is 5.31. The molecule has 0 bridgehead atoms. The van der Waals surface area contributed by atoms with E-state index < -0.39 is 0 Å². The Kier molecular flexibility index (Phi) is 3.35. The molecule has 0 aliphatic carbocycles. The van der Waals surface area contributed by atoms with Crippen molar-refractivity contribution in [2.45, 2.75) is 0 Å². The van der Waals surface area contributed by atoms with Crippen LogP contribution in [-0.2, 0) is 0 Å². The van der Waals surface area contributed by atoms with E-state index in [1.54, 1.807) is 18.3 Å². The number of hydrogen-bond acceptors (Lipinski definition) is 2. The summed E-state index contributed by atoms with van der Waals surface area (Å²) in [6.45, 7) is 0. The molecule has 1 aromatic heterocycles. The minimum Gasteiger partial charge on any atom is -0.300 e. The van der Waals surface area contributed by atoms with Crippen LogP contribution in [0.3, 0.4) is 0 Å². The fraction of sp³-hybridized carbons (Fsp3) is 0. The van der Waals surface area contributed by atoms with E-state index in [4.69, 9.17) is 11.6 Å². The van der Waals surface area contributed by atoms with Gasteiger partial charge in [-0.15, -0.1) is 0 Å². The van der Waals surface area contributed by atoms with Crippen molar-refractivity contribution >= 4 is 17.9 Å². The minimum atomic E-state index is 0.435. The molecule has 3 aromatic rings. The van der Waals surface area contributed by atoms with Gasteiger partial charge in [-0.1, -0.05) is 41.9 Å². The van der Waals surface area contributed by atoms with Gasteiger partial charge in [0.25, 0.3) is 0 Å². The molecule has 0 saturated carbocycles. The van der Waals surface area contributed by atoms with Gasteiger partial charge in [0.05, 0.1) is 5.02 Å². The van der Waals surface area contributed by atoms with Crippen LogP contribution >= 0.6 is 11.6 Å². The van der Waals surface area contributed by atoms with Gasteiger partial charge in [-0.05, 0) is 18.2 Å². The maximum absolute atomic E-state index is 10.8. The quantitative estimate of drug-likeness (QED) is 0.681. The number of aldehydes is 1. The van der Waals surface area contributed by atoms with Crippen molar-refractivity contribution in [1.29, 1.82) is 0 Å². The van der Waals surface area contributed by atoms with E-state index in [0.29, 0.717) is 10.6 Å². The van der Waals surface area contributed by atoms with Crippen LogP contribution in [-0.4, -0.2) is 15.8 Å². The normalized spacial score (nSPS) is 10.4. The second-order valence-electron chi connectivity index (χ2n) is 4.31. The molecule has 0 fully saturated rings. The first-order valence-corrected chi connectivity index (χ1v) is 6.51. The van der Waals surface area contributed by atoms with Gasteiger partial charge >= 0.3 is 0 Å². The molecule has 3 nitrogen and oxygen atoms in total. The molecule has 2 aromatic carbocycles. The van der Waals surface area contributed by atoms with Crippen molar-refractivity contribution in [2.75, 3.05) is 0 Å². The first-order valence-electron chi connectivity index (χ1n) is 6.13. The highest BCUT2D eigenvalue weighted by Gasteiger charge is 2.08. The Hall–Kier alpha value is -2.39. The number of benzene rings is 2. The lowest BCUT2D eigenvalue weighted by Gasteiger charge is -2.09. The third kappa shape index (κ3) is 2.24. The van der Waals surface area contributed by atoms with E-state index in [0.717, 1.165) is 23.4 Å². The topological polar surface area (TPSA) is 34.9 Å². The zero-order valence-electron chi connectivity index (χ0n) is 10.5. The third-order valence-corrected chi connectivity index (χ3v) is 3.39. The number of nitrogens with zero attached hydrogens (tertiary/aromatic N) is 2. The summed E-state index contributed by atoms with van der Waals surface area (Å²) in [5.74, 6) is 0.834. The van der Waals surface area contributed by atoms with Crippen LogP contribution in [0.2, 0.25) is 5.02 Å². The molecule has 0 amide bonds. The standard InChI is InChI=1S/C16H11ClN2O/c17-15-10-14(7-6-13(15)11-20)19-9-8-18-16(19)12-4-2-1-3-5-12/h1-11H. The molecule has 0 unspecified atom stereocenters. The molecule has 98 valence electrons. The predicted molar refractivity (Wildman–Crippen MR) is 79.4 cm³/mol. The van der Waals surface area contributed by atoms with Gasteiger partial charge < -0.3 is 0 Å². The molecule has 0 radical (unpaired) electrons. The summed E-state index contributed by atoms with van der Waals surface area (Å²) in [6, 6.07) is 15.2. The molecule has 0 saturated heterocycles. The van der Waals surface area contributed by atoms with Gasteiger partial charge in [0.15, 0.2) is 6.29 Å². The highest BCUT2D eigenvalue weighted by Crippen LogP contribution is 2.24. The average molecular weight is 283 g/mol. The molecule has 0 aliphatic rings. The highest BCUT2D eigenvalue weighted by atomic mass is 35.5. The first kappa shape index (κ1) is 12.6. The third-order valence-electron chi connectivity index (χ3n) is 3.06. The van der Waals surface area contributed by atoms with Crippen LogP contribution in [0.15, 0.2) is 60.9 Å². The maximum Gasteiger partial charge on any atom is 0.151 e. The van der Waals surface area contributed by atoms with Gasteiger partial charge in [-0.25, -0.2) is 4.98 Å². The van der Waals surface area contributed by atoms with E-state index in [2.05, 4.69) is 4.98 Å². The Morgan fingerprint density at radius 1 is 1.10 bits per heavy atom. The predicted octanol–water partition coefficient (Wildman–Crippen LogP) is 4.01. The molecule has 3 rings (SSSR count). The summed E-state index contributed by atoms with van der Waals surface area (Å²) >= 11 is 6.08. The summed E-state index contributed by atoms with van der Waals surface area (Å²) in [7, 11) is 0. The second-order valence-corrected chi connectivity index (χ2v) is 4.72. The largest absolute Gasteiger partial charge is 0.300 e. The van der Waals surface area contributed by atoms with Crippen molar-refractivity contribution < 1.29 is 4.79 Å². The summed E-state index contributed by atoms with van der Waals surface area (Å²) in [5.41, 5.74) is 2.38. The average Bonchev–Trinajstić information content (AvgIpc) is 2.97. The Bertz CT molecular complexity index is 750. The zero-order chi connectivity index (χ0) is 13.9. The fourth-order valence-electron chi connectivity index (χ4n) is 2.07. The van der Waals surface area contributed by atoms with Gasteiger partial charge in [0, 0.05) is 29.2 Å². The van der Waals surface area contributed by atoms with Gasteiger partial charge in [-0.3, -0.25) is 9.36 Å². The number of aromatic nitrogens is 2. The molecular formula is C16H11ClN2O. The maximum atomic E-state index is 10.8. The Labute approximate surface area is 121 Å². The number of carbonyl (C=O) groups excluding carboxylic acids is 1. The van der Waals surface area contributed by atoms with Crippen molar-refractivity contribution in [2.24, 2.45) is 0 Å². The van der Waals surface area contributed by atoms with Crippen molar-refractivity contribution in [3.8, 4) is 17.1 Å². The molecular weight excluding hydrogens is 272 g/mol. The van der Waals surface area contributed by atoms with E-state index in [1.165, 1.54) is 0 Å². The van der Waals surface area contributed by atoms with Gasteiger partial charge in [-0.2, -0.15) is 0 Å². The molecule has 4 heteroatoms. The summed E-state index contributed by atoms with van der Waals surface area (Å²) < 4.78 is 1.94. The lowest BCUT2D eigenvalue weighted by atomic mass is 10.2. The monoisotopic (exact) mass is 282 g/mol. The van der Waals surface area contributed by atoms with Crippen LogP contribution in [0.25, 0.3) is 17.1 Å². The Morgan fingerprint density at radius 2 is 1.90 bits per heavy atom. The summed E-state index contributed by atoms with van der Waals surface area (Å²) in [4.78, 5) is 15.2. The van der Waals surface area contributed by atoms with Crippen LogP contribution in [0.1, 0.15) is 10.4 Å². The van der Waals surface area contributed by atoms with E-state index in [1.807, 2.05) is 47.2 Å². The van der Waals surface area contributed by atoms with E-state index in [-0.39, 0.29) is 0 Å². The Balaban J connectivity index is 2.10. The lowest BCUT2D eigenvalue weighted by Crippen LogP contribution is -1.97. The van der Waals surface area contributed by atoms with Gasteiger partial charge in [0.1, 0.15) is 5.82 Å². The molecule has 0 atom stereocenters. The zero-order valence-corrected chi connectivity index (χ0v) is 11.3. The van der Waals surface area contributed by atoms with Gasteiger partial charge in [0.2, 0.25) is 0 Å². The molecule has 0 aliphatic heterocycles. The van der Waals surface area contributed by atoms with Crippen molar-refractivity contribution in [3.63, 3.8) is 0 Å². The molecule has 0 N–H and O–H groups in total. The molecule has 0 spiro atoms. The number of rotatable bonds is 3. The number of hydrogen-bond donors (Lipinski definition) is 0. The fourth-order valence-corrected chi connectivity index (χ4v) is 2.29. The van der Waals surface area contributed by atoms with E-state index in [9.17, 15) is 4.79 Å². The first-order chi connectivity index (χ1) is 9.79. The Morgan fingerprint density at radius 3 is 2.60 bits per heavy atom. The number of carbonyl (C=O) groups is 1. The lowest BCUT2D eigenvalue weighted by molar-refractivity contribution is 0.112. The molecule has 1 heterocycles. The smallest absolute Gasteiger partial charge is 0.151 e.